The average Bonchev–Trinajstić information content (AvgIpc) is 2.32. The molecule has 0 unspecified atom stereocenters. The van der Waals surface area contributed by atoms with Gasteiger partial charge >= 0.3 is 0 Å². The zero-order chi connectivity index (χ0) is 14.9. The molecule has 2 aromatic carbocycles. The molecule has 0 bridgehead atoms. The van der Waals surface area contributed by atoms with Crippen molar-refractivity contribution in [3.05, 3.63) is 52.5 Å². The van der Waals surface area contributed by atoms with Crippen LogP contribution in [-0.2, 0) is 10.0 Å². The highest BCUT2D eigenvalue weighted by Gasteiger charge is 2.15. The maximum atomic E-state index is 12.3. The van der Waals surface area contributed by atoms with E-state index in [0.717, 1.165) is 11.1 Å². The van der Waals surface area contributed by atoms with Crippen LogP contribution in [0.5, 0.6) is 0 Å². The molecule has 0 saturated heterocycles. The van der Waals surface area contributed by atoms with Gasteiger partial charge < -0.3 is 5.73 Å². The van der Waals surface area contributed by atoms with Gasteiger partial charge in [-0.3, -0.25) is 4.72 Å². The number of hydrogen-bond donors (Lipinski definition) is 2. The number of anilines is 2. The first kappa shape index (κ1) is 14.7. The molecule has 0 amide bonds. The van der Waals surface area contributed by atoms with Gasteiger partial charge in [-0.2, -0.15) is 0 Å². The highest BCUT2D eigenvalue weighted by molar-refractivity contribution is 7.92. The van der Waals surface area contributed by atoms with E-state index in [9.17, 15) is 8.42 Å². The minimum atomic E-state index is -3.68. The molecule has 6 heteroatoms. The molecule has 0 aliphatic carbocycles. The molecule has 0 atom stereocenters. The first-order valence-electron chi connectivity index (χ1n) is 5.94. The Balaban J connectivity index is 2.37. The van der Waals surface area contributed by atoms with E-state index in [1.807, 2.05) is 6.92 Å². The van der Waals surface area contributed by atoms with E-state index in [1.54, 1.807) is 37.3 Å². The Kier molecular flexibility index (Phi) is 3.92. The summed E-state index contributed by atoms with van der Waals surface area (Å²) in [5.74, 6) is 0. The van der Waals surface area contributed by atoms with Crippen molar-refractivity contribution in [2.45, 2.75) is 18.7 Å². The standard InChI is InChI=1S/C14H15ClN2O2S/c1-9-5-11(16)7-13(6-9)20(18,19)17-12-4-3-10(2)14(15)8-12/h3-8,17H,16H2,1-2H3. The number of nitrogen functional groups attached to an aromatic ring is 1. The Morgan fingerprint density at radius 1 is 1.10 bits per heavy atom. The van der Waals surface area contributed by atoms with Gasteiger partial charge in [0.05, 0.1) is 10.6 Å². The van der Waals surface area contributed by atoms with E-state index < -0.39 is 10.0 Å². The molecule has 2 rings (SSSR count). The summed E-state index contributed by atoms with van der Waals surface area (Å²) in [5.41, 5.74) is 8.18. The molecular weight excluding hydrogens is 296 g/mol. The molecule has 0 radical (unpaired) electrons. The van der Waals surface area contributed by atoms with E-state index in [-0.39, 0.29) is 4.90 Å². The lowest BCUT2D eigenvalue weighted by Crippen LogP contribution is -2.13. The third kappa shape index (κ3) is 3.23. The normalized spacial score (nSPS) is 11.3. The molecule has 4 nitrogen and oxygen atoms in total. The van der Waals surface area contributed by atoms with Crippen LogP contribution in [0.1, 0.15) is 11.1 Å². The Bertz CT molecular complexity index is 738. The number of hydrogen-bond acceptors (Lipinski definition) is 3. The van der Waals surface area contributed by atoms with Crippen LogP contribution < -0.4 is 10.5 Å². The summed E-state index contributed by atoms with van der Waals surface area (Å²) < 4.78 is 27.1. The van der Waals surface area contributed by atoms with E-state index in [2.05, 4.69) is 4.72 Å². The van der Waals surface area contributed by atoms with Gasteiger partial charge in [-0.05, 0) is 55.3 Å². The maximum absolute atomic E-state index is 12.3. The molecular formula is C14H15ClN2O2S. The summed E-state index contributed by atoms with van der Waals surface area (Å²) in [6, 6.07) is 9.69. The van der Waals surface area contributed by atoms with Crippen molar-refractivity contribution >= 4 is 33.0 Å². The minimum absolute atomic E-state index is 0.131. The first-order valence-corrected chi connectivity index (χ1v) is 7.80. The summed E-state index contributed by atoms with van der Waals surface area (Å²) in [5, 5.41) is 0.508. The van der Waals surface area contributed by atoms with Crippen molar-refractivity contribution in [3.63, 3.8) is 0 Å². The smallest absolute Gasteiger partial charge is 0.261 e. The monoisotopic (exact) mass is 310 g/mol. The average molecular weight is 311 g/mol. The van der Waals surface area contributed by atoms with E-state index in [4.69, 9.17) is 17.3 Å². The van der Waals surface area contributed by atoms with E-state index >= 15 is 0 Å². The zero-order valence-electron chi connectivity index (χ0n) is 11.1. The van der Waals surface area contributed by atoms with Crippen LogP contribution in [-0.4, -0.2) is 8.42 Å². The van der Waals surface area contributed by atoms with Gasteiger partial charge in [0.1, 0.15) is 0 Å². The minimum Gasteiger partial charge on any atom is -0.399 e. The van der Waals surface area contributed by atoms with Gasteiger partial charge in [-0.15, -0.1) is 0 Å². The van der Waals surface area contributed by atoms with Gasteiger partial charge in [0, 0.05) is 10.7 Å². The van der Waals surface area contributed by atoms with Crippen LogP contribution in [0.25, 0.3) is 0 Å². The molecule has 0 aromatic heterocycles. The van der Waals surface area contributed by atoms with Crippen LogP contribution in [0, 0.1) is 13.8 Å². The summed E-state index contributed by atoms with van der Waals surface area (Å²) in [4.78, 5) is 0.131. The predicted octanol–water partition coefficient (Wildman–Crippen LogP) is 3.34. The predicted molar refractivity (Wildman–Crippen MR) is 82.6 cm³/mol. The second-order valence-electron chi connectivity index (χ2n) is 4.65. The second kappa shape index (κ2) is 5.34. The van der Waals surface area contributed by atoms with Crippen molar-refractivity contribution in [2.24, 2.45) is 0 Å². The van der Waals surface area contributed by atoms with Gasteiger partial charge in [-0.25, -0.2) is 8.42 Å². The van der Waals surface area contributed by atoms with Crippen molar-refractivity contribution in [2.75, 3.05) is 10.5 Å². The Morgan fingerprint density at radius 3 is 2.40 bits per heavy atom. The van der Waals surface area contributed by atoms with E-state index in [0.29, 0.717) is 16.4 Å². The number of nitrogens with one attached hydrogen (secondary N) is 1. The molecule has 0 aliphatic rings. The van der Waals surface area contributed by atoms with Gasteiger partial charge in [0.15, 0.2) is 0 Å². The SMILES string of the molecule is Cc1cc(N)cc(S(=O)(=O)Nc2ccc(C)c(Cl)c2)c1. The Labute approximate surface area is 123 Å². The van der Waals surface area contributed by atoms with Crippen LogP contribution >= 0.6 is 11.6 Å². The maximum Gasteiger partial charge on any atom is 0.261 e. The van der Waals surface area contributed by atoms with Gasteiger partial charge in [0.25, 0.3) is 10.0 Å². The number of nitrogens with two attached hydrogens (primary N) is 1. The Hall–Kier alpha value is -1.72. The first-order chi connectivity index (χ1) is 9.28. The van der Waals surface area contributed by atoms with Crippen molar-refractivity contribution < 1.29 is 8.42 Å². The summed E-state index contributed by atoms with van der Waals surface area (Å²) in [7, 11) is -3.68. The summed E-state index contributed by atoms with van der Waals surface area (Å²) in [6.07, 6.45) is 0. The molecule has 106 valence electrons. The van der Waals surface area contributed by atoms with E-state index in [1.165, 1.54) is 6.07 Å². The topological polar surface area (TPSA) is 72.2 Å². The Morgan fingerprint density at radius 2 is 1.80 bits per heavy atom. The molecule has 0 spiro atoms. The van der Waals surface area contributed by atoms with Gasteiger partial charge in [0.2, 0.25) is 0 Å². The van der Waals surface area contributed by atoms with Crippen molar-refractivity contribution in [1.82, 2.24) is 0 Å². The number of benzene rings is 2. The third-order valence-corrected chi connectivity index (χ3v) is 4.58. The highest BCUT2D eigenvalue weighted by atomic mass is 35.5. The lowest BCUT2D eigenvalue weighted by molar-refractivity contribution is 0.601. The molecule has 20 heavy (non-hydrogen) atoms. The number of rotatable bonds is 3. The quantitative estimate of drug-likeness (QED) is 0.854. The lowest BCUT2D eigenvalue weighted by atomic mass is 10.2. The highest BCUT2D eigenvalue weighted by Crippen LogP contribution is 2.23. The second-order valence-corrected chi connectivity index (χ2v) is 6.74. The van der Waals surface area contributed by atoms with Crippen molar-refractivity contribution in [1.29, 1.82) is 0 Å². The van der Waals surface area contributed by atoms with Crippen LogP contribution in [0.15, 0.2) is 41.3 Å². The zero-order valence-corrected chi connectivity index (χ0v) is 12.7. The third-order valence-electron chi connectivity index (χ3n) is 2.81. The van der Waals surface area contributed by atoms with Crippen LogP contribution in [0.4, 0.5) is 11.4 Å². The van der Waals surface area contributed by atoms with Crippen LogP contribution in [0.2, 0.25) is 5.02 Å². The molecule has 0 aliphatic heterocycles. The van der Waals surface area contributed by atoms with Crippen molar-refractivity contribution in [3.8, 4) is 0 Å². The summed E-state index contributed by atoms with van der Waals surface area (Å²) >= 11 is 5.98. The molecule has 0 fully saturated rings. The molecule has 0 heterocycles. The number of halogens is 1. The largest absolute Gasteiger partial charge is 0.399 e. The fourth-order valence-electron chi connectivity index (χ4n) is 1.80. The molecule has 0 saturated carbocycles. The van der Waals surface area contributed by atoms with Crippen LogP contribution in [0.3, 0.4) is 0 Å². The fourth-order valence-corrected chi connectivity index (χ4v) is 3.17. The van der Waals surface area contributed by atoms with Gasteiger partial charge in [-0.1, -0.05) is 17.7 Å². The molecule has 2 aromatic rings. The number of aryl methyl sites for hydroxylation is 2. The number of sulfonamides is 1. The fraction of sp³-hybridized carbons (Fsp3) is 0.143. The lowest BCUT2D eigenvalue weighted by Gasteiger charge is -2.10. The summed E-state index contributed by atoms with van der Waals surface area (Å²) in [6.45, 7) is 3.64. The molecule has 3 N–H and O–H groups in total.